The maximum absolute atomic E-state index is 12.5. The van der Waals surface area contributed by atoms with Gasteiger partial charge in [0, 0.05) is 0 Å². The number of carbonyl (C=O) groups excluding carboxylic acids is 2. The molecule has 0 saturated heterocycles. The number of amides is 1. The van der Waals surface area contributed by atoms with E-state index in [0.717, 1.165) is 11.1 Å². The molecule has 5 nitrogen and oxygen atoms in total. The number of hydrogen-bond acceptors (Lipinski definition) is 4. The topological polar surface area (TPSA) is 79.2 Å². The summed E-state index contributed by atoms with van der Waals surface area (Å²) in [5.41, 5.74) is 1.55. The number of benzene rings is 1. The van der Waals surface area contributed by atoms with Gasteiger partial charge in [0.25, 0.3) is 5.91 Å². The Morgan fingerprint density at radius 1 is 1.15 bits per heavy atom. The van der Waals surface area contributed by atoms with Crippen molar-refractivity contribution in [1.29, 1.82) is 5.26 Å². The Labute approximate surface area is 156 Å². The van der Waals surface area contributed by atoms with Gasteiger partial charge in [-0.25, -0.2) is 4.79 Å². The Morgan fingerprint density at radius 3 is 2.23 bits per heavy atom. The minimum Gasteiger partial charge on any atom is -0.452 e. The Balaban J connectivity index is 2.86. The van der Waals surface area contributed by atoms with Crippen LogP contribution in [0.5, 0.6) is 0 Å². The average molecular weight is 358 g/mol. The molecule has 1 aromatic carbocycles. The lowest BCUT2D eigenvalue weighted by Gasteiger charge is -2.27. The van der Waals surface area contributed by atoms with E-state index in [1.54, 1.807) is 13.0 Å². The van der Waals surface area contributed by atoms with Gasteiger partial charge in [0.15, 0.2) is 6.61 Å². The van der Waals surface area contributed by atoms with Crippen LogP contribution in [0.1, 0.15) is 81.8 Å². The van der Waals surface area contributed by atoms with E-state index < -0.39 is 24.0 Å². The molecule has 1 atom stereocenters. The molecule has 5 heteroatoms. The van der Waals surface area contributed by atoms with Crippen LogP contribution < -0.4 is 5.32 Å². The van der Waals surface area contributed by atoms with Crippen molar-refractivity contribution in [2.45, 2.75) is 65.8 Å². The molecular weight excluding hydrogens is 328 g/mol. The fourth-order valence-electron chi connectivity index (χ4n) is 2.44. The number of esters is 1. The van der Waals surface area contributed by atoms with E-state index >= 15 is 0 Å². The number of rotatable bonds is 7. The Hall–Kier alpha value is -2.35. The van der Waals surface area contributed by atoms with Gasteiger partial charge in [-0.15, -0.1) is 0 Å². The van der Waals surface area contributed by atoms with E-state index in [1.165, 1.54) is 0 Å². The molecule has 0 aliphatic rings. The fraction of sp³-hybridized carbons (Fsp3) is 0.571. The first-order valence-corrected chi connectivity index (χ1v) is 9.05. The zero-order valence-corrected chi connectivity index (χ0v) is 16.8. The molecule has 26 heavy (non-hydrogen) atoms. The summed E-state index contributed by atoms with van der Waals surface area (Å²) in [6.07, 6.45) is 0. The van der Waals surface area contributed by atoms with E-state index in [2.05, 4.69) is 25.2 Å². The Bertz CT molecular complexity index is 702. The molecule has 0 bridgehead atoms. The van der Waals surface area contributed by atoms with Crippen molar-refractivity contribution in [2.75, 3.05) is 6.61 Å². The highest BCUT2D eigenvalue weighted by Gasteiger charge is 2.30. The van der Waals surface area contributed by atoms with Gasteiger partial charge in [-0.1, -0.05) is 53.7 Å². The fourth-order valence-corrected chi connectivity index (χ4v) is 2.44. The average Bonchev–Trinajstić information content (AvgIpc) is 2.58. The zero-order chi connectivity index (χ0) is 20.1. The van der Waals surface area contributed by atoms with E-state index in [-0.39, 0.29) is 11.8 Å². The van der Waals surface area contributed by atoms with Crippen molar-refractivity contribution in [2.24, 2.45) is 5.92 Å². The van der Waals surface area contributed by atoms with Crippen molar-refractivity contribution in [3.05, 3.63) is 34.9 Å². The molecule has 1 aromatic rings. The van der Waals surface area contributed by atoms with E-state index in [9.17, 15) is 14.9 Å². The quantitative estimate of drug-likeness (QED) is 0.743. The molecule has 0 aromatic heterocycles. The third-order valence-electron chi connectivity index (χ3n) is 4.70. The maximum Gasteiger partial charge on any atom is 0.338 e. The van der Waals surface area contributed by atoms with E-state index in [1.807, 2.05) is 39.8 Å². The summed E-state index contributed by atoms with van der Waals surface area (Å²) in [4.78, 5) is 24.5. The summed E-state index contributed by atoms with van der Waals surface area (Å²) in [5.74, 6) is -0.553. The van der Waals surface area contributed by atoms with Crippen LogP contribution in [0.3, 0.4) is 0 Å². The lowest BCUT2D eigenvalue weighted by Crippen LogP contribution is -2.50. The van der Waals surface area contributed by atoms with E-state index in [4.69, 9.17) is 4.74 Å². The monoisotopic (exact) mass is 358 g/mol. The summed E-state index contributed by atoms with van der Waals surface area (Å²) in [5, 5.41) is 11.9. The van der Waals surface area contributed by atoms with Gasteiger partial charge in [0.1, 0.15) is 5.54 Å². The second-order valence-electron chi connectivity index (χ2n) is 7.75. The highest BCUT2D eigenvalue weighted by Crippen LogP contribution is 2.25. The van der Waals surface area contributed by atoms with Gasteiger partial charge >= 0.3 is 5.97 Å². The number of nitriles is 1. The molecule has 0 heterocycles. The number of hydrogen-bond donors (Lipinski definition) is 1. The summed E-state index contributed by atoms with van der Waals surface area (Å²) < 4.78 is 5.19. The highest BCUT2D eigenvalue weighted by atomic mass is 16.5. The SMILES string of the molecule is CC(C)c1ccc(C(=O)OCC(=O)N[C@@](C)(C#N)C(C)C)c(C(C)C)c1. The van der Waals surface area contributed by atoms with Gasteiger partial charge < -0.3 is 10.1 Å². The number of nitrogens with zero attached hydrogens (tertiary/aromatic N) is 1. The predicted molar refractivity (Wildman–Crippen MR) is 102 cm³/mol. The predicted octanol–water partition coefficient (Wildman–Crippen LogP) is 4.14. The van der Waals surface area contributed by atoms with Crippen LogP contribution in [-0.2, 0) is 9.53 Å². The Morgan fingerprint density at radius 2 is 1.77 bits per heavy atom. The minimum atomic E-state index is -0.995. The zero-order valence-electron chi connectivity index (χ0n) is 16.8. The Kier molecular flexibility index (Phi) is 7.38. The first-order chi connectivity index (χ1) is 12.0. The molecule has 0 unspecified atom stereocenters. The van der Waals surface area contributed by atoms with Crippen LogP contribution in [-0.4, -0.2) is 24.0 Å². The summed E-state index contributed by atoms with van der Waals surface area (Å²) in [7, 11) is 0. The highest BCUT2D eigenvalue weighted by molar-refractivity contribution is 5.93. The third-order valence-corrected chi connectivity index (χ3v) is 4.70. The molecule has 0 fully saturated rings. The van der Waals surface area contributed by atoms with Gasteiger partial charge in [0.2, 0.25) is 0 Å². The molecule has 0 spiro atoms. The summed E-state index contributed by atoms with van der Waals surface area (Å²) in [6.45, 7) is 13.2. The number of carbonyl (C=O) groups is 2. The van der Waals surface area contributed by atoms with E-state index in [0.29, 0.717) is 11.5 Å². The molecular formula is C21H30N2O3. The summed E-state index contributed by atoms with van der Waals surface area (Å²) in [6, 6.07) is 7.80. The molecule has 0 aliphatic carbocycles. The standard InChI is InChI=1S/C21H30N2O3/c1-13(2)16-8-9-17(18(10-16)14(3)4)20(25)26-11-19(24)23-21(7,12-22)15(5)6/h8-10,13-15H,11H2,1-7H3,(H,23,24)/t21-/m0/s1. The lowest BCUT2D eigenvalue weighted by atomic mass is 9.90. The molecule has 0 saturated carbocycles. The van der Waals surface area contributed by atoms with Crippen molar-refractivity contribution in [3.8, 4) is 6.07 Å². The molecule has 1 amide bonds. The first-order valence-electron chi connectivity index (χ1n) is 9.05. The second-order valence-corrected chi connectivity index (χ2v) is 7.75. The largest absolute Gasteiger partial charge is 0.452 e. The van der Waals surface area contributed by atoms with Crippen molar-refractivity contribution in [1.82, 2.24) is 5.32 Å². The van der Waals surface area contributed by atoms with Gasteiger partial charge in [-0.3, -0.25) is 4.79 Å². The molecule has 0 radical (unpaired) electrons. The number of nitrogens with one attached hydrogen (secondary N) is 1. The molecule has 142 valence electrons. The van der Waals surface area contributed by atoms with Crippen molar-refractivity contribution < 1.29 is 14.3 Å². The van der Waals surface area contributed by atoms with Crippen molar-refractivity contribution in [3.63, 3.8) is 0 Å². The van der Waals surface area contributed by atoms with Gasteiger partial charge in [-0.05, 0) is 41.9 Å². The molecule has 0 aliphatic heterocycles. The van der Waals surface area contributed by atoms with Crippen LogP contribution in [0, 0.1) is 17.2 Å². The molecule has 1 N–H and O–H groups in total. The van der Waals surface area contributed by atoms with Crippen LogP contribution in [0.25, 0.3) is 0 Å². The summed E-state index contributed by atoms with van der Waals surface area (Å²) >= 11 is 0. The van der Waals surface area contributed by atoms with Gasteiger partial charge in [-0.2, -0.15) is 5.26 Å². The number of ether oxygens (including phenoxy) is 1. The normalized spacial score (nSPS) is 13.4. The van der Waals surface area contributed by atoms with Crippen molar-refractivity contribution >= 4 is 11.9 Å². The van der Waals surface area contributed by atoms with Crippen LogP contribution >= 0.6 is 0 Å². The van der Waals surface area contributed by atoms with Crippen LogP contribution in [0.15, 0.2) is 18.2 Å². The second kappa shape index (κ2) is 8.84. The lowest BCUT2D eigenvalue weighted by molar-refractivity contribution is -0.125. The van der Waals surface area contributed by atoms with Crippen LogP contribution in [0.2, 0.25) is 0 Å². The first kappa shape index (κ1) is 21.7. The molecule has 1 rings (SSSR count). The third kappa shape index (κ3) is 5.32. The van der Waals surface area contributed by atoms with Gasteiger partial charge in [0.05, 0.1) is 11.6 Å². The maximum atomic E-state index is 12.5. The minimum absolute atomic E-state index is 0.0664. The smallest absolute Gasteiger partial charge is 0.338 e. The van der Waals surface area contributed by atoms with Crippen LogP contribution in [0.4, 0.5) is 0 Å².